The molecule has 3 rings (SSSR count). The molecular formula is C24H29N3O3. The van der Waals surface area contributed by atoms with Crippen LogP contribution in [0.2, 0.25) is 0 Å². The van der Waals surface area contributed by atoms with Crippen LogP contribution in [0, 0.1) is 0 Å². The second-order valence-corrected chi connectivity index (χ2v) is 7.42. The first kappa shape index (κ1) is 21.4. The summed E-state index contributed by atoms with van der Waals surface area (Å²) in [7, 11) is 0. The summed E-state index contributed by atoms with van der Waals surface area (Å²) >= 11 is 0. The summed E-state index contributed by atoms with van der Waals surface area (Å²) in [6.07, 6.45) is 7.35. The zero-order chi connectivity index (χ0) is 21.2. The molecule has 158 valence electrons. The van der Waals surface area contributed by atoms with E-state index < -0.39 is 0 Å². The van der Waals surface area contributed by atoms with Crippen LogP contribution in [0.4, 0.5) is 11.4 Å². The lowest BCUT2D eigenvalue weighted by Crippen LogP contribution is -2.36. The van der Waals surface area contributed by atoms with Crippen molar-refractivity contribution in [3.8, 4) is 5.75 Å². The van der Waals surface area contributed by atoms with Gasteiger partial charge in [0.15, 0.2) is 0 Å². The van der Waals surface area contributed by atoms with Gasteiger partial charge in [-0.1, -0.05) is 44.1 Å². The Morgan fingerprint density at radius 2 is 1.80 bits per heavy atom. The molecule has 0 heterocycles. The topological polar surface area (TPSA) is 79.5 Å². The number of carbonyl (C=O) groups excluding carboxylic acids is 2. The highest BCUT2D eigenvalue weighted by Crippen LogP contribution is 2.19. The van der Waals surface area contributed by atoms with Gasteiger partial charge in [0.05, 0.1) is 6.54 Å². The molecule has 1 fully saturated rings. The van der Waals surface area contributed by atoms with Crippen LogP contribution in [0.5, 0.6) is 5.75 Å². The van der Waals surface area contributed by atoms with Crippen molar-refractivity contribution in [2.24, 2.45) is 0 Å². The van der Waals surface area contributed by atoms with Gasteiger partial charge in [-0.15, -0.1) is 0 Å². The fourth-order valence-corrected chi connectivity index (χ4v) is 3.49. The van der Waals surface area contributed by atoms with Crippen LogP contribution in [0.3, 0.4) is 0 Å². The Labute approximate surface area is 177 Å². The summed E-state index contributed by atoms with van der Waals surface area (Å²) in [5.41, 5.74) is 1.98. The van der Waals surface area contributed by atoms with Gasteiger partial charge < -0.3 is 20.7 Å². The molecule has 3 N–H and O–H groups in total. The van der Waals surface area contributed by atoms with Gasteiger partial charge in [0.1, 0.15) is 12.4 Å². The van der Waals surface area contributed by atoms with Crippen molar-refractivity contribution in [1.82, 2.24) is 5.32 Å². The molecule has 0 radical (unpaired) electrons. The Morgan fingerprint density at radius 1 is 1.03 bits per heavy atom. The normalized spacial score (nSPS) is 13.9. The lowest BCUT2D eigenvalue weighted by atomic mass is 9.95. The second-order valence-electron chi connectivity index (χ2n) is 7.42. The van der Waals surface area contributed by atoms with Crippen LogP contribution in [-0.4, -0.2) is 31.0 Å². The molecule has 2 aromatic rings. The van der Waals surface area contributed by atoms with Crippen LogP contribution >= 0.6 is 0 Å². The van der Waals surface area contributed by atoms with Gasteiger partial charge in [-0.05, 0) is 43.2 Å². The Bertz CT molecular complexity index is 876. The molecule has 0 aliphatic heterocycles. The average molecular weight is 408 g/mol. The monoisotopic (exact) mass is 407 g/mol. The first-order valence-corrected chi connectivity index (χ1v) is 10.4. The maximum Gasteiger partial charge on any atom is 0.251 e. The van der Waals surface area contributed by atoms with E-state index in [0.29, 0.717) is 23.6 Å². The predicted molar refractivity (Wildman–Crippen MR) is 120 cm³/mol. The Morgan fingerprint density at radius 3 is 2.60 bits per heavy atom. The number of hydrogen-bond acceptors (Lipinski definition) is 4. The Kier molecular flexibility index (Phi) is 7.89. The molecule has 0 atom stereocenters. The molecule has 6 heteroatoms. The minimum absolute atomic E-state index is 0.0636. The highest BCUT2D eigenvalue weighted by Gasteiger charge is 2.16. The molecule has 0 spiro atoms. The molecule has 0 bridgehead atoms. The summed E-state index contributed by atoms with van der Waals surface area (Å²) in [6.45, 7) is 4.11. The summed E-state index contributed by atoms with van der Waals surface area (Å²) in [4.78, 5) is 24.8. The number of anilines is 2. The van der Waals surface area contributed by atoms with E-state index in [1.54, 1.807) is 30.3 Å². The van der Waals surface area contributed by atoms with Crippen molar-refractivity contribution >= 4 is 23.2 Å². The van der Waals surface area contributed by atoms with Crippen LogP contribution in [0.15, 0.2) is 61.2 Å². The molecule has 1 saturated carbocycles. The van der Waals surface area contributed by atoms with Crippen molar-refractivity contribution in [1.29, 1.82) is 0 Å². The molecule has 1 aliphatic carbocycles. The standard InChI is InChI=1S/C24H29N3O3/c1-2-14-30-22-13-7-12-21(16-22)26-23(28)17-25-20-11-6-8-18(15-20)24(29)27-19-9-4-3-5-10-19/h2,6-8,11-13,15-16,19,25H,1,3-5,9-10,14,17H2,(H,26,28)(H,27,29). The quantitative estimate of drug-likeness (QED) is 0.540. The number of hydrogen-bond donors (Lipinski definition) is 3. The Balaban J connectivity index is 1.50. The molecule has 1 aliphatic rings. The third-order valence-electron chi connectivity index (χ3n) is 5.00. The van der Waals surface area contributed by atoms with E-state index in [0.717, 1.165) is 18.5 Å². The predicted octanol–water partition coefficient (Wildman–Crippen LogP) is 4.36. The second kappa shape index (κ2) is 11.0. The minimum Gasteiger partial charge on any atom is -0.489 e. The molecule has 0 aromatic heterocycles. The van der Waals surface area contributed by atoms with Crippen LogP contribution in [0.1, 0.15) is 42.5 Å². The minimum atomic E-state index is -0.187. The number of carbonyl (C=O) groups is 2. The van der Waals surface area contributed by atoms with E-state index in [1.807, 2.05) is 24.3 Å². The number of rotatable bonds is 9. The van der Waals surface area contributed by atoms with Crippen LogP contribution in [-0.2, 0) is 4.79 Å². The average Bonchev–Trinajstić information content (AvgIpc) is 2.77. The number of benzene rings is 2. The van der Waals surface area contributed by atoms with Crippen LogP contribution < -0.4 is 20.7 Å². The highest BCUT2D eigenvalue weighted by molar-refractivity contribution is 5.96. The first-order chi connectivity index (χ1) is 14.6. The SMILES string of the molecule is C=CCOc1cccc(NC(=O)CNc2cccc(C(=O)NC3CCCCC3)c2)c1. The van der Waals surface area contributed by atoms with E-state index in [-0.39, 0.29) is 24.4 Å². The number of ether oxygens (including phenoxy) is 1. The van der Waals surface area contributed by atoms with Gasteiger partial charge in [-0.3, -0.25) is 9.59 Å². The highest BCUT2D eigenvalue weighted by atomic mass is 16.5. The van der Waals surface area contributed by atoms with Gasteiger partial charge in [0.2, 0.25) is 5.91 Å². The van der Waals surface area contributed by atoms with Crippen LogP contribution in [0.25, 0.3) is 0 Å². The Hall–Kier alpha value is -3.28. The molecule has 2 amide bonds. The number of nitrogens with one attached hydrogen (secondary N) is 3. The fraction of sp³-hybridized carbons (Fsp3) is 0.333. The summed E-state index contributed by atoms with van der Waals surface area (Å²) < 4.78 is 5.47. The van der Waals surface area contributed by atoms with Gasteiger partial charge >= 0.3 is 0 Å². The van der Waals surface area contributed by atoms with Gasteiger partial charge in [0.25, 0.3) is 5.91 Å². The zero-order valence-corrected chi connectivity index (χ0v) is 17.2. The van der Waals surface area contributed by atoms with Gasteiger partial charge in [-0.2, -0.15) is 0 Å². The smallest absolute Gasteiger partial charge is 0.251 e. The van der Waals surface area contributed by atoms with Crippen molar-refractivity contribution in [3.63, 3.8) is 0 Å². The summed E-state index contributed by atoms with van der Waals surface area (Å²) in [5.74, 6) is 0.414. The van der Waals surface area contributed by atoms with E-state index in [9.17, 15) is 9.59 Å². The van der Waals surface area contributed by atoms with Gasteiger partial charge in [0, 0.05) is 29.0 Å². The molecular weight excluding hydrogens is 378 g/mol. The van der Waals surface area contributed by atoms with E-state index >= 15 is 0 Å². The maximum atomic E-state index is 12.5. The molecule has 0 saturated heterocycles. The lowest BCUT2D eigenvalue weighted by Gasteiger charge is -2.22. The molecule has 30 heavy (non-hydrogen) atoms. The number of amides is 2. The summed E-state index contributed by atoms with van der Waals surface area (Å²) in [6, 6.07) is 14.7. The van der Waals surface area contributed by atoms with E-state index in [2.05, 4.69) is 22.5 Å². The third-order valence-corrected chi connectivity index (χ3v) is 5.00. The largest absolute Gasteiger partial charge is 0.489 e. The zero-order valence-electron chi connectivity index (χ0n) is 17.2. The maximum absolute atomic E-state index is 12.5. The van der Waals surface area contributed by atoms with Crippen molar-refractivity contribution in [3.05, 3.63) is 66.7 Å². The van der Waals surface area contributed by atoms with Crippen molar-refractivity contribution in [2.45, 2.75) is 38.1 Å². The molecule has 6 nitrogen and oxygen atoms in total. The third kappa shape index (κ3) is 6.65. The fourth-order valence-electron chi connectivity index (χ4n) is 3.49. The van der Waals surface area contributed by atoms with Crippen molar-refractivity contribution in [2.75, 3.05) is 23.8 Å². The van der Waals surface area contributed by atoms with Gasteiger partial charge in [-0.25, -0.2) is 0 Å². The molecule has 2 aromatic carbocycles. The summed E-state index contributed by atoms with van der Waals surface area (Å²) in [5, 5.41) is 9.03. The van der Waals surface area contributed by atoms with E-state index in [4.69, 9.17) is 4.74 Å². The first-order valence-electron chi connectivity index (χ1n) is 10.4. The lowest BCUT2D eigenvalue weighted by molar-refractivity contribution is -0.114. The van der Waals surface area contributed by atoms with Crippen molar-refractivity contribution < 1.29 is 14.3 Å². The van der Waals surface area contributed by atoms with E-state index in [1.165, 1.54) is 19.3 Å². The molecule has 0 unspecified atom stereocenters.